The van der Waals surface area contributed by atoms with E-state index in [0.717, 1.165) is 31.1 Å². The summed E-state index contributed by atoms with van der Waals surface area (Å²) in [6, 6.07) is 3.87. The molecule has 94 valence electrons. The number of nitrogens with zero attached hydrogens (tertiary/aromatic N) is 1. The predicted molar refractivity (Wildman–Crippen MR) is 67.4 cm³/mol. The molecule has 1 N–H and O–H groups in total. The van der Waals surface area contributed by atoms with Crippen molar-refractivity contribution >= 4 is 11.3 Å². The van der Waals surface area contributed by atoms with E-state index in [2.05, 4.69) is 10.3 Å². The quantitative estimate of drug-likeness (QED) is 0.899. The van der Waals surface area contributed by atoms with Crippen LogP contribution in [-0.2, 0) is 0 Å². The van der Waals surface area contributed by atoms with Crippen molar-refractivity contribution in [1.29, 1.82) is 0 Å². The summed E-state index contributed by atoms with van der Waals surface area (Å²) in [6.45, 7) is 1.00. The maximum atomic E-state index is 13.6. The Morgan fingerprint density at radius 1 is 1.33 bits per heavy atom. The van der Waals surface area contributed by atoms with Crippen LogP contribution in [0.2, 0.25) is 0 Å². The third-order valence-electron chi connectivity index (χ3n) is 3.10. The minimum Gasteiger partial charge on any atom is -0.309 e. The van der Waals surface area contributed by atoms with Crippen LogP contribution in [0, 0.1) is 11.6 Å². The number of hydrogen-bond acceptors (Lipinski definition) is 3. The number of benzene rings is 1. The van der Waals surface area contributed by atoms with Crippen molar-refractivity contribution in [3.8, 4) is 10.6 Å². The van der Waals surface area contributed by atoms with Gasteiger partial charge in [0.05, 0.1) is 11.7 Å². The Hall–Kier alpha value is -1.33. The van der Waals surface area contributed by atoms with Crippen LogP contribution in [-0.4, -0.2) is 11.5 Å². The smallest absolute Gasteiger partial charge is 0.136 e. The van der Waals surface area contributed by atoms with E-state index in [9.17, 15) is 8.78 Å². The summed E-state index contributed by atoms with van der Waals surface area (Å²) in [5.41, 5.74) is 1.32. The molecule has 1 aliphatic heterocycles. The second-order valence-corrected chi connectivity index (χ2v) is 5.21. The van der Waals surface area contributed by atoms with Crippen LogP contribution in [0.5, 0.6) is 0 Å². The Labute approximate surface area is 108 Å². The minimum absolute atomic E-state index is 0.276. The molecule has 0 aliphatic carbocycles. The average molecular weight is 266 g/mol. The van der Waals surface area contributed by atoms with Crippen LogP contribution in [0.15, 0.2) is 23.6 Å². The molecule has 1 saturated heterocycles. The predicted octanol–water partition coefficient (Wildman–Crippen LogP) is 3.51. The Bertz CT molecular complexity index is 562. The number of halogens is 2. The molecule has 1 aliphatic rings. The van der Waals surface area contributed by atoms with Crippen molar-refractivity contribution in [3.05, 3.63) is 40.9 Å². The molecule has 1 fully saturated rings. The maximum Gasteiger partial charge on any atom is 0.136 e. The number of nitrogens with one attached hydrogen (secondary N) is 1. The molecule has 2 nitrogen and oxygen atoms in total. The highest BCUT2D eigenvalue weighted by molar-refractivity contribution is 7.13. The Morgan fingerprint density at radius 2 is 2.22 bits per heavy atom. The van der Waals surface area contributed by atoms with Crippen LogP contribution in [0.3, 0.4) is 0 Å². The lowest BCUT2D eigenvalue weighted by molar-refractivity contribution is 0.585. The summed E-state index contributed by atoms with van der Waals surface area (Å²) in [4.78, 5) is 4.45. The lowest BCUT2D eigenvalue weighted by atomic mass is 10.2. The van der Waals surface area contributed by atoms with Gasteiger partial charge in [0.15, 0.2) is 0 Å². The molecule has 1 unspecified atom stereocenters. The van der Waals surface area contributed by atoms with Crippen LogP contribution in [0.4, 0.5) is 8.78 Å². The van der Waals surface area contributed by atoms with Gasteiger partial charge in [0, 0.05) is 17.0 Å². The zero-order valence-corrected chi connectivity index (χ0v) is 10.4. The topological polar surface area (TPSA) is 24.9 Å². The van der Waals surface area contributed by atoms with Crippen molar-refractivity contribution in [1.82, 2.24) is 10.3 Å². The van der Waals surface area contributed by atoms with Gasteiger partial charge in [0.1, 0.15) is 16.6 Å². The molecule has 1 aromatic carbocycles. The van der Waals surface area contributed by atoms with Gasteiger partial charge in [0.25, 0.3) is 0 Å². The molecule has 0 radical (unpaired) electrons. The highest BCUT2D eigenvalue weighted by Crippen LogP contribution is 2.31. The van der Waals surface area contributed by atoms with Crippen LogP contribution < -0.4 is 5.32 Å². The van der Waals surface area contributed by atoms with Crippen LogP contribution in [0.1, 0.15) is 24.6 Å². The Kier molecular flexibility index (Phi) is 3.09. The van der Waals surface area contributed by atoms with Crippen LogP contribution in [0.25, 0.3) is 10.6 Å². The van der Waals surface area contributed by atoms with Gasteiger partial charge < -0.3 is 5.32 Å². The Balaban J connectivity index is 1.92. The largest absolute Gasteiger partial charge is 0.309 e. The first-order chi connectivity index (χ1) is 8.74. The first kappa shape index (κ1) is 11.7. The standard InChI is InChI=1S/C13H12F2N2S/c14-8-3-4-9(10(15)6-8)13-17-12(7-18-13)11-2-1-5-16-11/h3-4,6-7,11,16H,1-2,5H2. The molecule has 0 saturated carbocycles. The number of thiazole rings is 1. The fourth-order valence-corrected chi connectivity index (χ4v) is 3.07. The molecule has 0 bridgehead atoms. The molecule has 18 heavy (non-hydrogen) atoms. The summed E-state index contributed by atoms with van der Waals surface area (Å²) in [5.74, 6) is -1.12. The minimum atomic E-state index is -0.564. The number of rotatable bonds is 2. The van der Waals surface area contributed by atoms with E-state index in [1.807, 2.05) is 5.38 Å². The molecule has 0 amide bonds. The zero-order chi connectivity index (χ0) is 12.5. The summed E-state index contributed by atoms with van der Waals surface area (Å²) < 4.78 is 26.5. The van der Waals surface area contributed by atoms with E-state index in [1.54, 1.807) is 0 Å². The molecule has 1 atom stereocenters. The highest BCUT2D eigenvalue weighted by Gasteiger charge is 2.20. The number of aromatic nitrogens is 1. The second kappa shape index (κ2) is 4.74. The lowest BCUT2D eigenvalue weighted by Gasteiger charge is -2.05. The van der Waals surface area contributed by atoms with Gasteiger partial charge in [-0.1, -0.05) is 0 Å². The fourth-order valence-electron chi connectivity index (χ4n) is 2.17. The molecule has 0 spiro atoms. The summed E-state index contributed by atoms with van der Waals surface area (Å²) in [7, 11) is 0. The van der Waals surface area contributed by atoms with E-state index >= 15 is 0 Å². The lowest BCUT2D eigenvalue weighted by Crippen LogP contribution is -2.12. The monoisotopic (exact) mass is 266 g/mol. The van der Waals surface area contributed by atoms with E-state index in [4.69, 9.17) is 0 Å². The third-order valence-corrected chi connectivity index (χ3v) is 3.99. The van der Waals surface area contributed by atoms with E-state index in [-0.39, 0.29) is 6.04 Å². The van der Waals surface area contributed by atoms with E-state index in [0.29, 0.717) is 10.6 Å². The van der Waals surface area contributed by atoms with Gasteiger partial charge in [-0.25, -0.2) is 13.8 Å². The van der Waals surface area contributed by atoms with Gasteiger partial charge in [-0.2, -0.15) is 0 Å². The second-order valence-electron chi connectivity index (χ2n) is 4.35. The molecular weight excluding hydrogens is 254 g/mol. The third kappa shape index (κ3) is 2.15. The van der Waals surface area contributed by atoms with Crippen LogP contribution >= 0.6 is 11.3 Å². The normalized spacial score (nSPS) is 19.3. The SMILES string of the molecule is Fc1ccc(-c2nc(C3CCCN3)cs2)c(F)c1. The summed E-state index contributed by atoms with van der Waals surface area (Å²) in [5, 5.41) is 5.90. The summed E-state index contributed by atoms with van der Waals surface area (Å²) in [6.07, 6.45) is 2.21. The molecular formula is C13H12F2N2S. The van der Waals surface area contributed by atoms with Crippen molar-refractivity contribution in [2.45, 2.75) is 18.9 Å². The highest BCUT2D eigenvalue weighted by atomic mass is 32.1. The average Bonchev–Trinajstić information content (AvgIpc) is 2.99. The Morgan fingerprint density at radius 3 is 2.94 bits per heavy atom. The van der Waals surface area contributed by atoms with Gasteiger partial charge in [-0.05, 0) is 31.5 Å². The molecule has 1 aromatic heterocycles. The maximum absolute atomic E-state index is 13.6. The first-order valence-electron chi connectivity index (χ1n) is 5.88. The van der Waals surface area contributed by atoms with Crippen molar-refractivity contribution in [3.63, 3.8) is 0 Å². The van der Waals surface area contributed by atoms with E-state index in [1.165, 1.54) is 23.5 Å². The van der Waals surface area contributed by atoms with Crippen molar-refractivity contribution in [2.24, 2.45) is 0 Å². The fraction of sp³-hybridized carbons (Fsp3) is 0.308. The zero-order valence-electron chi connectivity index (χ0n) is 9.62. The first-order valence-corrected chi connectivity index (χ1v) is 6.76. The molecule has 2 aromatic rings. The number of hydrogen-bond donors (Lipinski definition) is 1. The van der Waals surface area contributed by atoms with Gasteiger partial charge >= 0.3 is 0 Å². The van der Waals surface area contributed by atoms with Crippen molar-refractivity contribution in [2.75, 3.05) is 6.54 Å². The van der Waals surface area contributed by atoms with Crippen molar-refractivity contribution < 1.29 is 8.78 Å². The van der Waals surface area contributed by atoms with E-state index < -0.39 is 11.6 Å². The summed E-state index contributed by atoms with van der Waals surface area (Å²) >= 11 is 1.40. The van der Waals surface area contributed by atoms with Gasteiger partial charge in [0.2, 0.25) is 0 Å². The molecule has 3 rings (SSSR count). The molecule has 5 heteroatoms. The molecule has 2 heterocycles. The van der Waals surface area contributed by atoms with Gasteiger partial charge in [-0.3, -0.25) is 0 Å². The van der Waals surface area contributed by atoms with Gasteiger partial charge in [-0.15, -0.1) is 11.3 Å².